The van der Waals surface area contributed by atoms with Crippen molar-refractivity contribution in [3.05, 3.63) is 42.9 Å². The van der Waals surface area contributed by atoms with Crippen LogP contribution < -0.4 is 19.5 Å². The molecular weight excluding hydrogens is 717 g/mol. The predicted molar refractivity (Wildman–Crippen MR) is 179 cm³/mol. The standard InChI is InChI=1S/C34H40F5N5O7S/c1-7-21-15-33(21,30(47)43-52(48,49)32(17-35)9-10-32)42-27(45)25-13-22(51-28-23-14-24(36)26(50-6)12-20(23)8-11-40-28)16-44(25)29(46)18(2)41-19(3)31(4,5)34(37,38)39/h7-8,11-12,14,18,21-22,25H,1,9-10,13,15-17H2,2-6H3,(H,42,45)(H,43,47). The highest BCUT2D eigenvalue weighted by atomic mass is 32.2. The van der Waals surface area contributed by atoms with Gasteiger partial charge in [0.15, 0.2) is 11.6 Å². The summed E-state index contributed by atoms with van der Waals surface area (Å²) in [4.78, 5) is 50.7. The molecule has 1 aromatic heterocycles. The molecule has 2 saturated carbocycles. The molecule has 52 heavy (non-hydrogen) atoms. The van der Waals surface area contributed by atoms with Crippen LogP contribution in [0.25, 0.3) is 10.8 Å². The van der Waals surface area contributed by atoms with E-state index in [0.29, 0.717) is 5.39 Å². The molecule has 1 aromatic carbocycles. The summed E-state index contributed by atoms with van der Waals surface area (Å²) in [6.45, 7) is 6.42. The van der Waals surface area contributed by atoms with Crippen LogP contribution in [-0.4, -0.2) is 96.7 Å². The zero-order valence-electron chi connectivity index (χ0n) is 29.1. The van der Waals surface area contributed by atoms with Crippen molar-refractivity contribution in [2.75, 3.05) is 20.3 Å². The molecule has 1 saturated heterocycles. The maximum atomic E-state index is 14.7. The number of fused-ring (bicyclic) bond motifs is 1. The molecule has 2 aromatic rings. The van der Waals surface area contributed by atoms with Gasteiger partial charge < -0.3 is 19.7 Å². The number of hydrogen-bond acceptors (Lipinski definition) is 9. The molecule has 2 aliphatic carbocycles. The number of benzene rings is 1. The molecule has 5 unspecified atom stereocenters. The maximum absolute atomic E-state index is 14.7. The highest BCUT2D eigenvalue weighted by Crippen LogP contribution is 2.47. The largest absolute Gasteiger partial charge is 0.494 e. The number of hydrogen-bond donors (Lipinski definition) is 2. The minimum atomic E-state index is -4.68. The lowest BCUT2D eigenvalue weighted by molar-refractivity contribution is -0.186. The Morgan fingerprint density at radius 1 is 1.23 bits per heavy atom. The zero-order chi connectivity index (χ0) is 38.6. The quantitative estimate of drug-likeness (QED) is 0.175. The SMILES string of the molecule is C=CC1CC1(NC(=O)C1CC(Oc2nccc3cc(OC)c(F)cc23)CN1C(=O)C(C)N=C(C)C(C)(C)C(F)(F)F)C(=O)NS(=O)(=O)C1(CF)CC1. The van der Waals surface area contributed by atoms with Gasteiger partial charge in [-0.05, 0) is 70.5 Å². The van der Waals surface area contributed by atoms with E-state index in [1.807, 2.05) is 4.72 Å². The van der Waals surface area contributed by atoms with Crippen molar-refractivity contribution in [3.63, 3.8) is 0 Å². The average molecular weight is 758 g/mol. The Hall–Kier alpha value is -4.35. The molecule has 3 aliphatic rings. The van der Waals surface area contributed by atoms with E-state index >= 15 is 0 Å². The summed E-state index contributed by atoms with van der Waals surface area (Å²) in [5, 5.41) is 3.32. The van der Waals surface area contributed by atoms with E-state index in [1.165, 1.54) is 32.4 Å². The van der Waals surface area contributed by atoms with E-state index in [2.05, 4.69) is 21.9 Å². The highest BCUT2D eigenvalue weighted by Gasteiger charge is 2.64. The molecular formula is C34H40F5N5O7S. The molecule has 3 amide bonds. The minimum Gasteiger partial charge on any atom is -0.494 e. The van der Waals surface area contributed by atoms with Crippen molar-refractivity contribution in [1.29, 1.82) is 0 Å². The number of amides is 3. The van der Waals surface area contributed by atoms with E-state index in [1.54, 1.807) is 6.07 Å². The van der Waals surface area contributed by atoms with E-state index in [0.717, 1.165) is 31.7 Å². The van der Waals surface area contributed by atoms with Crippen LogP contribution in [0.1, 0.15) is 53.4 Å². The van der Waals surface area contributed by atoms with Gasteiger partial charge in [0, 0.05) is 29.6 Å². The fourth-order valence-electron chi connectivity index (χ4n) is 6.15. The first-order valence-electron chi connectivity index (χ1n) is 16.4. The fraction of sp³-hybridized carbons (Fsp3) is 0.559. The summed E-state index contributed by atoms with van der Waals surface area (Å²) in [5.74, 6) is -4.32. The van der Waals surface area contributed by atoms with Crippen LogP contribution in [0.3, 0.4) is 0 Å². The van der Waals surface area contributed by atoms with Gasteiger partial charge in [0.25, 0.3) is 5.91 Å². The van der Waals surface area contributed by atoms with Crippen molar-refractivity contribution in [2.24, 2.45) is 16.3 Å². The van der Waals surface area contributed by atoms with Crippen molar-refractivity contribution in [2.45, 2.75) is 88.0 Å². The van der Waals surface area contributed by atoms with Gasteiger partial charge in [0.1, 0.15) is 35.1 Å². The number of likely N-dealkylation sites (tertiary alicyclic amines) is 1. The highest BCUT2D eigenvalue weighted by molar-refractivity contribution is 7.91. The molecule has 12 nitrogen and oxygen atoms in total. The number of alkyl halides is 4. The Labute approximate surface area is 297 Å². The number of methoxy groups -OCH3 is 1. The maximum Gasteiger partial charge on any atom is 0.399 e. The Balaban J connectivity index is 1.44. The molecule has 5 rings (SSSR count). The second kappa shape index (κ2) is 13.6. The Kier molecular flexibility index (Phi) is 10.1. The second-order valence-electron chi connectivity index (χ2n) is 14.1. The van der Waals surface area contributed by atoms with E-state index in [-0.39, 0.29) is 55.0 Å². The lowest BCUT2D eigenvalue weighted by atomic mass is 9.87. The summed E-state index contributed by atoms with van der Waals surface area (Å²) < 4.78 is 107. The first kappa shape index (κ1) is 38.9. The first-order chi connectivity index (χ1) is 24.2. The van der Waals surface area contributed by atoms with Gasteiger partial charge in [0.2, 0.25) is 27.7 Å². The van der Waals surface area contributed by atoms with Gasteiger partial charge in [-0.1, -0.05) is 6.08 Å². The first-order valence-corrected chi connectivity index (χ1v) is 17.9. The van der Waals surface area contributed by atoms with Crippen LogP contribution >= 0.6 is 0 Å². The topological polar surface area (TPSA) is 156 Å². The Morgan fingerprint density at radius 3 is 2.46 bits per heavy atom. The molecule has 1 aliphatic heterocycles. The van der Waals surface area contributed by atoms with E-state index < -0.39 is 86.2 Å². The number of nitrogens with zero attached hydrogens (tertiary/aromatic N) is 3. The minimum absolute atomic E-state index is 0.0168. The van der Waals surface area contributed by atoms with Crippen LogP contribution in [0.2, 0.25) is 0 Å². The summed E-state index contributed by atoms with van der Waals surface area (Å²) in [6, 6.07) is 1.39. The molecule has 5 atom stereocenters. The van der Waals surface area contributed by atoms with Crippen LogP contribution in [0.4, 0.5) is 22.0 Å². The number of sulfonamides is 1. The van der Waals surface area contributed by atoms with Crippen LogP contribution in [0.15, 0.2) is 42.0 Å². The number of carbonyl (C=O) groups excluding carboxylic acids is 3. The van der Waals surface area contributed by atoms with Crippen molar-refractivity contribution >= 4 is 44.2 Å². The normalized spacial score (nSPS) is 24.9. The number of ether oxygens (including phenoxy) is 2. The number of aliphatic imine (C=N–C) groups is 1. The molecule has 18 heteroatoms. The molecule has 0 spiro atoms. The van der Waals surface area contributed by atoms with Gasteiger partial charge in [-0.2, -0.15) is 13.2 Å². The zero-order valence-corrected chi connectivity index (χ0v) is 30.0. The van der Waals surface area contributed by atoms with Gasteiger partial charge in [0.05, 0.1) is 19.1 Å². The van der Waals surface area contributed by atoms with Crippen molar-refractivity contribution < 1.29 is 54.2 Å². The third kappa shape index (κ3) is 6.92. The summed E-state index contributed by atoms with van der Waals surface area (Å²) >= 11 is 0. The third-order valence-corrected chi connectivity index (χ3v) is 12.5. The third-order valence-electron chi connectivity index (χ3n) is 10.4. The smallest absolute Gasteiger partial charge is 0.399 e. The lowest BCUT2D eigenvalue weighted by Gasteiger charge is -2.30. The monoisotopic (exact) mass is 757 g/mol. The number of halogens is 5. The molecule has 0 radical (unpaired) electrons. The molecule has 2 N–H and O–H groups in total. The fourth-order valence-corrected chi connectivity index (χ4v) is 7.58. The van der Waals surface area contributed by atoms with E-state index in [4.69, 9.17) is 9.47 Å². The molecule has 0 bridgehead atoms. The van der Waals surface area contributed by atoms with Crippen LogP contribution in [-0.2, 0) is 24.4 Å². The Morgan fingerprint density at radius 2 is 1.90 bits per heavy atom. The lowest BCUT2D eigenvalue weighted by Crippen LogP contribution is -2.58. The second-order valence-corrected chi connectivity index (χ2v) is 16.2. The number of nitrogens with one attached hydrogen (secondary N) is 2. The van der Waals surface area contributed by atoms with Crippen molar-refractivity contribution in [3.8, 4) is 11.6 Å². The summed E-state index contributed by atoms with van der Waals surface area (Å²) in [5.41, 5.74) is -4.55. The predicted octanol–water partition coefficient (Wildman–Crippen LogP) is 4.18. The molecule has 2 heterocycles. The van der Waals surface area contributed by atoms with Gasteiger partial charge in [-0.15, -0.1) is 6.58 Å². The van der Waals surface area contributed by atoms with Gasteiger partial charge >= 0.3 is 6.18 Å². The summed E-state index contributed by atoms with van der Waals surface area (Å²) in [7, 11) is -3.15. The summed E-state index contributed by atoms with van der Waals surface area (Å²) in [6.07, 6.45) is -3.12. The van der Waals surface area contributed by atoms with Crippen LogP contribution in [0.5, 0.6) is 11.6 Å². The van der Waals surface area contributed by atoms with E-state index in [9.17, 15) is 44.8 Å². The van der Waals surface area contributed by atoms with Gasteiger partial charge in [-0.3, -0.25) is 24.1 Å². The average Bonchev–Trinajstić information content (AvgIpc) is 3.98. The van der Waals surface area contributed by atoms with Crippen LogP contribution in [0, 0.1) is 17.2 Å². The number of pyridine rings is 1. The number of rotatable bonds is 13. The Bertz CT molecular complexity index is 1930. The van der Waals surface area contributed by atoms with Crippen molar-refractivity contribution in [1.82, 2.24) is 19.9 Å². The number of aromatic nitrogens is 1. The number of carbonyl (C=O) groups is 3. The van der Waals surface area contributed by atoms with Gasteiger partial charge in [-0.25, -0.2) is 22.2 Å². The molecule has 3 fully saturated rings. The molecule has 284 valence electrons.